The van der Waals surface area contributed by atoms with Crippen molar-refractivity contribution < 1.29 is 37.8 Å². The fourth-order valence-electron chi connectivity index (χ4n) is 2.83. The Kier molecular flexibility index (Phi) is 7.38. The Morgan fingerprint density at radius 2 is 2.39 bits per heavy atom. The molecule has 4 heteroatoms. The van der Waals surface area contributed by atoms with Gasteiger partial charge in [-0.05, 0) is 18.3 Å². The summed E-state index contributed by atoms with van der Waals surface area (Å²) < 4.78 is 0. The zero-order valence-corrected chi connectivity index (χ0v) is 14.4. The van der Waals surface area contributed by atoms with E-state index in [2.05, 4.69) is 24.4 Å². The second-order valence-electron chi connectivity index (χ2n) is 4.91. The van der Waals surface area contributed by atoms with Crippen molar-refractivity contribution in [2.24, 2.45) is 17.8 Å². The molecule has 93 valence electrons. The van der Waals surface area contributed by atoms with Crippen LogP contribution in [0, 0.1) is 23.1 Å². The molecule has 0 aliphatic heterocycles. The predicted molar refractivity (Wildman–Crippen MR) is 73.3 cm³/mol. The summed E-state index contributed by atoms with van der Waals surface area (Å²) in [7, 11) is 5.50. The van der Waals surface area contributed by atoms with Crippen molar-refractivity contribution in [1.29, 1.82) is 0 Å². The topological polar surface area (TPSA) is 20.2 Å². The first-order valence-corrected chi connectivity index (χ1v) is 7.03. The van der Waals surface area contributed by atoms with Gasteiger partial charge in [0, 0.05) is 38.6 Å². The third-order valence-electron chi connectivity index (χ3n) is 3.74. The minimum Gasteiger partial charge on any atom is -0.392 e. The minimum atomic E-state index is -0.207. The van der Waals surface area contributed by atoms with Crippen LogP contribution in [0.1, 0.15) is 18.2 Å². The van der Waals surface area contributed by atoms with E-state index in [1.807, 2.05) is 12.1 Å². The molecule has 1 nitrogen and oxygen atoms in total. The maximum Gasteiger partial charge on any atom is 0.0708 e. The van der Waals surface area contributed by atoms with Crippen molar-refractivity contribution in [3.8, 4) is 0 Å². The molecule has 1 fully saturated rings. The summed E-state index contributed by atoms with van der Waals surface area (Å²) >= 11 is 1.68. The van der Waals surface area contributed by atoms with E-state index in [0.29, 0.717) is 18.2 Å². The Morgan fingerprint density at radius 1 is 1.61 bits per heavy atom. The second kappa shape index (κ2) is 7.99. The summed E-state index contributed by atoms with van der Waals surface area (Å²) in [5, 5.41) is 13.2. The van der Waals surface area contributed by atoms with Crippen LogP contribution in [0.15, 0.2) is 24.3 Å². The molecule has 0 amide bonds. The van der Waals surface area contributed by atoms with Crippen LogP contribution in [-0.2, 0) is 39.1 Å². The molecule has 0 spiro atoms. The van der Waals surface area contributed by atoms with Crippen LogP contribution < -0.4 is 0 Å². The first-order valence-electron chi connectivity index (χ1n) is 6.22. The normalized spacial score (nSPS) is 31.7. The van der Waals surface area contributed by atoms with Crippen LogP contribution in [0.3, 0.4) is 0 Å². The van der Waals surface area contributed by atoms with E-state index in [1.54, 1.807) is 11.3 Å². The van der Waals surface area contributed by atoms with Gasteiger partial charge < -0.3 is 16.4 Å². The summed E-state index contributed by atoms with van der Waals surface area (Å²) in [6, 6.07) is 4.10. The van der Waals surface area contributed by atoms with Gasteiger partial charge in [0.25, 0.3) is 0 Å². The molecule has 1 heterocycles. The Bertz CT molecular complexity index is 366. The van der Waals surface area contributed by atoms with Gasteiger partial charge in [-0.2, -0.15) is 6.07 Å². The average Bonchev–Trinajstić information content (AvgIpc) is 2.88. The quantitative estimate of drug-likeness (QED) is 0.510. The van der Waals surface area contributed by atoms with E-state index < -0.39 is 0 Å². The molecular formula is C14H18BOSY-. The summed E-state index contributed by atoms with van der Waals surface area (Å²) in [6.07, 6.45) is 6.37. The Balaban J connectivity index is 0.00000162. The van der Waals surface area contributed by atoms with Crippen LogP contribution >= 0.6 is 11.3 Å². The van der Waals surface area contributed by atoms with Gasteiger partial charge in [0.15, 0.2) is 0 Å². The standard InChI is InChI=1S/C14H18BOS.Y/c1-10-8-14(16)12(5-2-6-15)13(10)9-11-4-3-7-17-11;/h2-5,10,12-14,16H,6,8-9H2,1H3;/q-1;/b5-2-;. The number of allylic oxidation sites excluding steroid dienone is 1. The first-order chi connectivity index (χ1) is 8.22. The predicted octanol–water partition coefficient (Wildman–Crippen LogP) is 2.86. The molecule has 1 N–H and O–H groups in total. The number of hydrogen-bond acceptors (Lipinski definition) is 2. The molecule has 2 rings (SSSR count). The van der Waals surface area contributed by atoms with E-state index in [9.17, 15) is 5.11 Å². The van der Waals surface area contributed by atoms with Gasteiger partial charge >= 0.3 is 0 Å². The Labute approximate surface area is 140 Å². The van der Waals surface area contributed by atoms with Crippen LogP contribution in [-0.4, -0.2) is 19.1 Å². The van der Waals surface area contributed by atoms with Gasteiger partial charge in [-0.3, -0.25) is 0 Å². The molecule has 1 aromatic rings. The monoisotopic (exact) mass is 334 g/mol. The Morgan fingerprint density at radius 3 is 3.00 bits per heavy atom. The number of rotatable bonds is 4. The fraction of sp³-hybridized carbons (Fsp3) is 0.571. The molecule has 18 heavy (non-hydrogen) atoms. The summed E-state index contributed by atoms with van der Waals surface area (Å²) in [6.45, 7) is 2.24. The maximum atomic E-state index is 10.1. The Hall–Kier alpha value is 0.569. The van der Waals surface area contributed by atoms with Crippen molar-refractivity contribution in [2.45, 2.75) is 32.2 Å². The third kappa shape index (κ3) is 4.03. The summed E-state index contributed by atoms with van der Waals surface area (Å²) in [5.41, 5.74) is 0. The molecule has 1 aliphatic rings. The van der Waals surface area contributed by atoms with Crippen LogP contribution in [0.5, 0.6) is 0 Å². The van der Waals surface area contributed by atoms with Gasteiger partial charge in [0.1, 0.15) is 0 Å². The zero-order chi connectivity index (χ0) is 12.3. The van der Waals surface area contributed by atoms with Gasteiger partial charge in [0.05, 0.1) is 14.0 Å². The molecule has 4 unspecified atom stereocenters. The van der Waals surface area contributed by atoms with Crippen molar-refractivity contribution in [3.63, 3.8) is 0 Å². The summed E-state index contributed by atoms with van der Waals surface area (Å²) in [4.78, 5) is 1.36. The average molecular weight is 334 g/mol. The molecule has 4 atom stereocenters. The van der Waals surface area contributed by atoms with Crippen LogP contribution in [0.25, 0.3) is 0 Å². The van der Waals surface area contributed by atoms with E-state index in [4.69, 9.17) is 7.85 Å². The maximum absolute atomic E-state index is 10.1. The van der Waals surface area contributed by atoms with Crippen LogP contribution in [0.4, 0.5) is 0 Å². The second-order valence-corrected chi connectivity index (χ2v) is 5.87. The van der Waals surface area contributed by atoms with E-state index >= 15 is 0 Å². The van der Waals surface area contributed by atoms with Crippen molar-refractivity contribution in [3.05, 3.63) is 34.5 Å². The molecule has 0 saturated heterocycles. The van der Waals surface area contributed by atoms with E-state index in [0.717, 1.165) is 12.8 Å². The fourth-order valence-corrected chi connectivity index (χ4v) is 3.53. The minimum absolute atomic E-state index is 0. The van der Waals surface area contributed by atoms with Crippen molar-refractivity contribution >= 4 is 19.2 Å². The number of aliphatic hydroxyl groups is 1. The van der Waals surface area contributed by atoms with Crippen LogP contribution in [0.2, 0.25) is 6.32 Å². The van der Waals surface area contributed by atoms with Gasteiger partial charge in [-0.15, -0.1) is 10.3 Å². The molecule has 1 saturated carbocycles. The van der Waals surface area contributed by atoms with E-state index in [1.165, 1.54) is 4.88 Å². The smallest absolute Gasteiger partial charge is 0.0708 e. The molecule has 1 aliphatic carbocycles. The van der Waals surface area contributed by atoms with Gasteiger partial charge in [-0.1, -0.05) is 31.8 Å². The molecule has 0 aromatic carbocycles. The van der Waals surface area contributed by atoms with E-state index in [-0.39, 0.29) is 44.7 Å². The third-order valence-corrected chi connectivity index (χ3v) is 4.56. The molecule has 1 aromatic heterocycles. The SMILES string of the molecule is [B]C/C=C\C1C(O)CC(C)C1Cc1cc[c-]s1.[Y]. The van der Waals surface area contributed by atoms with Crippen molar-refractivity contribution in [1.82, 2.24) is 0 Å². The zero-order valence-electron chi connectivity index (χ0n) is 10.8. The summed E-state index contributed by atoms with van der Waals surface area (Å²) in [5.74, 6) is 1.36. The molecule has 0 bridgehead atoms. The number of aliphatic hydroxyl groups excluding tert-OH is 1. The van der Waals surface area contributed by atoms with Gasteiger partial charge in [-0.25, -0.2) is 6.07 Å². The van der Waals surface area contributed by atoms with Crippen molar-refractivity contribution in [2.75, 3.05) is 0 Å². The first kappa shape index (κ1) is 16.6. The van der Waals surface area contributed by atoms with Gasteiger partial charge in [0.2, 0.25) is 0 Å². The molecular weight excluding hydrogens is 316 g/mol. The number of thiophene rings is 1. The largest absolute Gasteiger partial charge is 0.392 e. The number of hydrogen-bond donors (Lipinski definition) is 1. The molecule has 3 radical (unpaired) electrons.